The van der Waals surface area contributed by atoms with Crippen LogP contribution in [0.25, 0.3) is 0 Å². The van der Waals surface area contributed by atoms with Crippen LogP contribution < -0.4 is 5.32 Å². The Morgan fingerprint density at radius 3 is 2.70 bits per heavy atom. The molecule has 1 aromatic carbocycles. The maximum atomic E-state index is 13.1. The van der Waals surface area contributed by atoms with Gasteiger partial charge < -0.3 is 10.1 Å². The molecular weight excluding hydrogens is 305 g/mol. The fourth-order valence-electron chi connectivity index (χ4n) is 2.68. The number of halogens is 3. The lowest BCUT2D eigenvalue weighted by Gasteiger charge is -2.23. The first-order chi connectivity index (χ1) is 11.0. The van der Waals surface area contributed by atoms with Crippen LogP contribution in [0.3, 0.4) is 0 Å². The molecule has 1 saturated heterocycles. The molecule has 0 radical (unpaired) electrons. The number of alkyl halides is 3. The smallest absolute Gasteiger partial charge is 0.369 e. The van der Waals surface area contributed by atoms with Gasteiger partial charge >= 0.3 is 6.18 Å². The quantitative estimate of drug-likeness (QED) is 0.941. The maximum Gasteiger partial charge on any atom is 0.416 e. The van der Waals surface area contributed by atoms with Gasteiger partial charge in [0, 0.05) is 25.2 Å². The highest BCUT2D eigenvalue weighted by Crippen LogP contribution is 2.32. The summed E-state index contributed by atoms with van der Waals surface area (Å²) in [6.07, 6.45) is -4.37. The fraction of sp³-hybridized carbons (Fsp3) is 0.353. The second kappa shape index (κ2) is 6.68. The van der Waals surface area contributed by atoms with Crippen molar-refractivity contribution in [3.8, 4) is 0 Å². The predicted octanol–water partition coefficient (Wildman–Crippen LogP) is 3.35. The van der Waals surface area contributed by atoms with Crippen molar-refractivity contribution in [1.82, 2.24) is 10.3 Å². The molecule has 6 heteroatoms. The van der Waals surface area contributed by atoms with E-state index in [-0.39, 0.29) is 18.1 Å². The van der Waals surface area contributed by atoms with Crippen molar-refractivity contribution < 1.29 is 17.9 Å². The molecule has 122 valence electrons. The van der Waals surface area contributed by atoms with Crippen LogP contribution in [0.5, 0.6) is 0 Å². The van der Waals surface area contributed by atoms with Crippen LogP contribution >= 0.6 is 0 Å². The maximum absolute atomic E-state index is 13.1. The van der Waals surface area contributed by atoms with E-state index in [1.807, 2.05) is 12.1 Å². The molecule has 1 atom stereocenters. The van der Waals surface area contributed by atoms with Crippen LogP contribution in [-0.2, 0) is 17.3 Å². The summed E-state index contributed by atoms with van der Waals surface area (Å²) in [7, 11) is 0. The summed E-state index contributed by atoms with van der Waals surface area (Å²) in [5, 5.41) is 3.22. The highest BCUT2D eigenvalue weighted by molar-refractivity contribution is 5.33. The molecule has 1 fully saturated rings. The highest BCUT2D eigenvalue weighted by Gasteiger charge is 2.32. The number of benzene rings is 1. The lowest BCUT2D eigenvalue weighted by molar-refractivity contribution is -0.138. The second-order valence-electron chi connectivity index (χ2n) is 5.45. The fourth-order valence-corrected chi connectivity index (χ4v) is 2.68. The van der Waals surface area contributed by atoms with Crippen LogP contribution in [0.4, 0.5) is 13.2 Å². The van der Waals surface area contributed by atoms with Gasteiger partial charge in [-0.2, -0.15) is 13.2 Å². The first-order valence-corrected chi connectivity index (χ1v) is 7.47. The Hall–Kier alpha value is -1.92. The standard InChI is InChI=1S/C17H17F3N2O/c18-17(19,20)14-6-2-1-4-12(14)10-13-5-3-7-15(22-13)16-11-21-8-9-23-16/h1-7,16,21H,8-11H2/t16-/m0/s1. The predicted molar refractivity (Wildman–Crippen MR) is 80.0 cm³/mol. The van der Waals surface area contributed by atoms with Crippen molar-refractivity contribution in [3.63, 3.8) is 0 Å². The van der Waals surface area contributed by atoms with Crippen molar-refractivity contribution in [2.75, 3.05) is 19.7 Å². The lowest BCUT2D eigenvalue weighted by atomic mass is 10.0. The molecule has 0 aliphatic carbocycles. The topological polar surface area (TPSA) is 34.1 Å². The number of ether oxygens (including phenoxy) is 1. The van der Waals surface area contributed by atoms with Crippen molar-refractivity contribution in [3.05, 3.63) is 65.0 Å². The molecule has 1 aromatic heterocycles. The largest absolute Gasteiger partial charge is 0.416 e. The second-order valence-corrected chi connectivity index (χ2v) is 5.45. The highest BCUT2D eigenvalue weighted by atomic mass is 19.4. The summed E-state index contributed by atoms with van der Waals surface area (Å²) < 4.78 is 44.9. The molecule has 2 heterocycles. The Balaban J connectivity index is 1.84. The van der Waals surface area contributed by atoms with Gasteiger partial charge in [0.25, 0.3) is 0 Å². The number of nitrogens with zero attached hydrogens (tertiary/aromatic N) is 1. The van der Waals surface area contributed by atoms with E-state index in [4.69, 9.17) is 4.74 Å². The molecule has 3 rings (SSSR count). The van der Waals surface area contributed by atoms with Crippen LogP contribution in [-0.4, -0.2) is 24.7 Å². The van der Waals surface area contributed by atoms with Gasteiger partial charge in [0.15, 0.2) is 0 Å². The third-order valence-corrected chi connectivity index (χ3v) is 3.78. The number of pyridine rings is 1. The minimum absolute atomic E-state index is 0.143. The van der Waals surface area contributed by atoms with E-state index in [1.54, 1.807) is 12.1 Å². The van der Waals surface area contributed by atoms with Crippen LogP contribution in [0.15, 0.2) is 42.5 Å². The van der Waals surface area contributed by atoms with Gasteiger partial charge in [-0.3, -0.25) is 4.98 Å². The molecule has 0 spiro atoms. The molecule has 1 aliphatic heterocycles. The summed E-state index contributed by atoms with van der Waals surface area (Å²) in [5.41, 5.74) is 0.975. The molecule has 0 amide bonds. The van der Waals surface area contributed by atoms with Crippen LogP contribution in [0.2, 0.25) is 0 Å². The Labute approximate surface area is 132 Å². The van der Waals surface area contributed by atoms with Crippen LogP contribution in [0, 0.1) is 0 Å². The minimum atomic E-state index is -4.36. The number of morpholine rings is 1. The molecule has 1 aliphatic rings. The first kappa shape index (κ1) is 16.0. The van der Waals surface area contributed by atoms with E-state index in [1.165, 1.54) is 12.1 Å². The molecule has 0 saturated carbocycles. The molecule has 2 aromatic rings. The van der Waals surface area contributed by atoms with Crippen molar-refractivity contribution in [2.45, 2.75) is 18.7 Å². The number of aromatic nitrogens is 1. The Bertz CT molecular complexity index is 667. The van der Waals surface area contributed by atoms with Gasteiger partial charge in [-0.25, -0.2) is 0 Å². The van der Waals surface area contributed by atoms with E-state index in [0.717, 1.165) is 18.3 Å². The first-order valence-electron chi connectivity index (χ1n) is 7.47. The molecule has 1 N–H and O–H groups in total. The summed E-state index contributed by atoms with van der Waals surface area (Å²) in [4.78, 5) is 4.48. The molecule has 23 heavy (non-hydrogen) atoms. The zero-order valence-electron chi connectivity index (χ0n) is 12.4. The zero-order chi connectivity index (χ0) is 16.3. The van der Waals surface area contributed by atoms with Gasteiger partial charge in [-0.05, 0) is 23.8 Å². The third-order valence-electron chi connectivity index (χ3n) is 3.78. The van der Waals surface area contributed by atoms with Gasteiger partial charge in [-0.15, -0.1) is 0 Å². The van der Waals surface area contributed by atoms with E-state index < -0.39 is 11.7 Å². The minimum Gasteiger partial charge on any atom is -0.369 e. The monoisotopic (exact) mass is 322 g/mol. The number of rotatable bonds is 3. The number of hydrogen-bond donors (Lipinski definition) is 1. The zero-order valence-corrected chi connectivity index (χ0v) is 12.4. The van der Waals surface area contributed by atoms with Crippen molar-refractivity contribution in [1.29, 1.82) is 0 Å². The molecular formula is C17H17F3N2O. The summed E-state index contributed by atoms with van der Waals surface area (Å²) in [6, 6.07) is 11.0. The van der Waals surface area contributed by atoms with E-state index in [0.29, 0.717) is 18.8 Å². The summed E-state index contributed by atoms with van der Waals surface area (Å²) in [5.74, 6) is 0. The lowest BCUT2D eigenvalue weighted by Crippen LogP contribution is -2.33. The SMILES string of the molecule is FC(F)(F)c1ccccc1Cc1cccc([C@@H]2CNCCO2)n1. The molecule has 0 unspecified atom stereocenters. The average molecular weight is 322 g/mol. The molecule has 0 bridgehead atoms. The average Bonchev–Trinajstić information content (AvgIpc) is 2.55. The van der Waals surface area contributed by atoms with E-state index in [2.05, 4.69) is 10.3 Å². The van der Waals surface area contributed by atoms with Gasteiger partial charge in [-0.1, -0.05) is 24.3 Å². The van der Waals surface area contributed by atoms with Crippen molar-refractivity contribution >= 4 is 0 Å². The normalized spacial score (nSPS) is 18.8. The summed E-state index contributed by atoms with van der Waals surface area (Å²) in [6.45, 7) is 2.07. The van der Waals surface area contributed by atoms with E-state index >= 15 is 0 Å². The summed E-state index contributed by atoms with van der Waals surface area (Å²) >= 11 is 0. The molecule has 3 nitrogen and oxygen atoms in total. The number of hydrogen-bond acceptors (Lipinski definition) is 3. The van der Waals surface area contributed by atoms with Gasteiger partial charge in [0.1, 0.15) is 6.10 Å². The van der Waals surface area contributed by atoms with E-state index in [9.17, 15) is 13.2 Å². The van der Waals surface area contributed by atoms with Gasteiger partial charge in [0.05, 0.1) is 17.9 Å². The Morgan fingerprint density at radius 1 is 1.13 bits per heavy atom. The van der Waals surface area contributed by atoms with Crippen LogP contribution in [0.1, 0.15) is 28.6 Å². The van der Waals surface area contributed by atoms with Gasteiger partial charge in [0.2, 0.25) is 0 Å². The Kier molecular flexibility index (Phi) is 4.63. The number of nitrogens with one attached hydrogen (secondary N) is 1. The van der Waals surface area contributed by atoms with Crippen molar-refractivity contribution in [2.24, 2.45) is 0 Å². The third kappa shape index (κ3) is 3.89. The Morgan fingerprint density at radius 2 is 1.96 bits per heavy atom.